The molecule has 0 unspecified atom stereocenters. The first-order chi connectivity index (χ1) is 28.2. The zero-order valence-electron chi connectivity index (χ0n) is 33.0. The number of nitrogens with one attached hydrogen (secondary N) is 2. The van der Waals surface area contributed by atoms with Crippen LogP contribution in [0.3, 0.4) is 0 Å². The van der Waals surface area contributed by atoms with Crippen molar-refractivity contribution in [3.63, 3.8) is 0 Å². The Morgan fingerprint density at radius 3 is 1.60 bits per heavy atom. The Hall–Kier alpha value is -6.26. The summed E-state index contributed by atoms with van der Waals surface area (Å²) in [7, 11) is 1.32. The highest BCUT2D eigenvalue weighted by Gasteiger charge is 2.36. The van der Waals surface area contributed by atoms with E-state index >= 15 is 0 Å². The molecule has 5 aromatic rings. The van der Waals surface area contributed by atoms with Gasteiger partial charge < -0.3 is 25.2 Å². The predicted octanol–water partition coefficient (Wildman–Crippen LogP) is 5.43. The highest BCUT2D eigenvalue weighted by molar-refractivity contribution is 5.96. The number of carbonyl (C=O) groups is 3. The average molecular weight is 786 g/mol. The number of piperidine rings is 2. The number of pyridine rings is 1. The predicted molar refractivity (Wildman–Crippen MR) is 213 cm³/mol. The smallest absolute Gasteiger partial charge is 0.357 e. The van der Waals surface area contributed by atoms with Gasteiger partial charge >= 0.3 is 5.97 Å². The first-order valence-corrected chi connectivity index (χ1v) is 20.2. The molecule has 58 heavy (non-hydrogen) atoms. The van der Waals surface area contributed by atoms with E-state index in [1.165, 1.54) is 7.11 Å². The zero-order chi connectivity index (χ0) is 39.9. The Balaban J connectivity index is 0.914. The van der Waals surface area contributed by atoms with Gasteiger partial charge in [-0.2, -0.15) is 10.2 Å². The highest BCUT2D eigenvalue weighted by Crippen LogP contribution is 2.36. The molecular formula is C41H47N13O4. The van der Waals surface area contributed by atoms with Crippen LogP contribution in [-0.2, 0) is 14.3 Å². The molecule has 0 spiro atoms. The largest absolute Gasteiger partial charge is 0.464 e. The summed E-state index contributed by atoms with van der Waals surface area (Å²) in [4.78, 5) is 65.5. The molecule has 9 rings (SSSR count). The molecule has 2 aliphatic heterocycles. The third-order valence-electron chi connectivity index (χ3n) is 11.6. The molecule has 0 aromatic carbocycles. The molecular weight excluding hydrogens is 739 g/mol. The Bertz CT molecular complexity index is 2350. The fraction of sp³-hybridized carbons (Fsp3) is 0.463. The first kappa shape index (κ1) is 37.3. The maximum Gasteiger partial charge on any atom is 0.357 e. The van der Waals surface area contributed by atoms with Crippen molar-refractivity contribution in [1.82, 2.24) is 54.3 Å². The summed E-state index contributed by atoms with van der Waals surface area (Å²) in [5.74, 6) is 1.18. The number of aryl methyl sites for hydroxylation is 2. The van der Waals surface area contributed by atoms with Crippen molar-refractivity contribution < 1.29 is 19.1 Å². The second kappa shape index (κ2) is 15.6. The van der Waals surface area contributed by atoms with Gasteiger partial charge in [0, 0.05) is 80.1 Å². The van der Waals surface area contributed by atoms with E-state index in [1.807, 2.05) is 51.5 Å². The quantitative estimate of drug-likeness (QED) is 0.162. The number of methoxy groups -OCH3 is 1. The lowest BCUT2D eigenvalue weighted by Crippen LogP contribution is -2.39. The van der Waals surface area contributed by atoms with Gasteiger partial charge in [-0.15, -0.1) is 0 Å². The van der Waals surface area contributed by atoms with Crippen LogP contribution < -0.4 is 10.6 Å². The minimum atomic E-state index is -0.598. The van der Waals surface area contributed by atoms with Crippen LogP contribution in [-0.4, -0.2) is 105 Å². The molecule has 5 aromatic heterocycles. The van der Waals surface area contributed by atoms with Crippen molar-refractivity contribution in [3.05, 3.63) is 66.3 Å². The Morgan fingerprint density at radius 2 is 1.12 bits per heavy atom. The standard InChI is InChI=1S/C41H47N13O4/c1-24-17-43-40(47-29-20-45-53(22-29)31-8-12-51(13-9-31)37(55)26-4-5-26)49-34(24)28-16-33(36(42-19-28)39(57)58-3)35-25(2)18-44-41(50-35)48-30-21-46-54(23-30)32-10-14-52(15-11-32)38(56)27-6-7-27/h16-23,26-27,31-32H,4-15H2,1-3H3,(H,43,47,49)(H,44,48,50). The maximum absolute atomic E-state index is 13.1. The van der Waals surface area contributed by atoms with Crippen molar-refractivity contribution in [1.29, 1.82) is 0 Å². The third-order valence-corrected chi connectivity index (χ3v) is 11.6. The molecule has 2 saturated heterocycles. The van der Waals surface area contributed by atoms with Gasteiger partial charge in [-0.25, -0.2) is 29.7 Å². The molecule has 4 fully saturated rings. The summed E-state index contributed by atoms with van der Waals surface area (Å²) in [5, 5.41) is 15.8. The molecule has 4 aliphatic rings. The molecule has 2 aliphatic carbocycles. The van der Waals surface area contributed by atoms with Gasteiger partial charge in [-0.3, -0.25) is 19.0 Å². The third kappa shape index (κ3) is 7.84. The van der Waals surface area contributed by atoms with Crippen LogP contribution in [0, 0.1) is 25.7 Å². The molecule has 0 radical (unpaired) electrons. The summed E-state index contributed by atoms with van der Waals surface area (Å²) in [6, 6.07) is 2.25. The number of anilines is 4. The molecule has 2 amide bonds. The van der Waals surface area contributed by atoms with Crippen LogP contribution >= 0.6 is 0 Å². The number of aromatic nitrogens is 9. The summed E-state index contributed by atoms with van der Waals surface area (Å²) in [6.07, 6.45) is 19.9. The second-order valence-corrected chi connectivity index (χ2v) is 15.9. The number of likely N-dealkylation sites (tertiary alicyclic amines) is 2. The lowest BCUT2D eigenvalue weighted by molar-refractivity contribution is -0.134. The lowest BCUT2D eigenvalue weighted by atomic mass is 10.0. The number of rotatable bonds is 11. The minimum absolute atomic E-state index is 0.110. The fourth-order valence-corrected chi connectivity index (χ4v) is 7.94. The topological polar surface area (TPSA) is 191 Å². The molecule has 300 valence electrons. The zero-order valence-corrected chi connectivity index (χ0v) is 33.0. The van der Waals surface area contributed by atoms with Gasteiger partial charge in [0.05, 0.1) is 54.3 Å². The van der Waals surface area contributed by atoms with Gasteiger partial charge in [-0.1, -0.05) is 0 Å². The minimum Gasteiger partial charge on any atom is -0.464 e. The van der Waals surface area contributed by atoms with Crippen molar-refractivity contribution in [2.24, 2.45) is 11.8 Å². The van der Waals surface area contributed by atoms with E-state index in [4.69, 9.17) is 14.7 Å². The van der Waals surface area contributed by atoms with Crippen LogP contribution in [0.4, 0.5) is 23.3 Å². The van der Waals surface area contributed by atoms with E-state index in [0.29, 0.717) is 46.2 Å². The Labute approximate surface area is 335 Å². The Morgan fingerprint density at radius 1 is 0.638 bits per heavy atom. The van der Waals surface area contributed by atoms with Gasteiger partial charge in [0.2, 0.25) is 23.7 Å². The maximum atomic E-state index is 13.1. The monoisotopic (exact) mass is 785 g/mol. The van der Waals surface area contributed by atoms with Gasteiger partial charge in [0.25, 0.3) is 0 Å². The van der Waals surface area contributed by atoms with E-state index in [1.54, 1.807) is 31.0 Å². The van der Waals surface area contributed by atoms with Crippen LogP contribution in [0.5, 0.6) is 0 Å². The number of nitrogens with zero attached hydrogens (tertiary/aromatic N) is 11. The molecule has 2 saturated carbocycles. The highest BCUT2D eigenvalue weighted by atomic mass is 16.5. The molecule has 17 nitrogen and oxygen atoms in total. The van der Waals surface area contributed by atoms with Crippen molar-refractivity contribution in [2.45, 2.75) is 77.3 Å². The van der Waals surface area contributed by atoms with Crippen molar-refractivity contribution in [3.8, 4) is 22.5 Å². The van der Waals surface area contributed by atoms with E-state index in [9.17, 15) is 14.4 Å². The lowest BCUT2D eigenvalue weighted by Gasteiger charge is -2.32. The number of amides is 2. The number of ether oxygens (including phenoxy) is 1. The van der Waals surface area contributed by atoms with Crippen molar-refractivity contribution >= 4 is 41.1 Å². The summed E-state index contributed by atoms with van der Waals surface area (Å²) >= 11 is 0. The van der Waals surface area contributed by atoms with Crippen molar-refractivity contribution in [2.75, 3.05) is 43.9 Å². The van der Waals surface area contributed by atoms with Crippen LogP contribution in [0.1, 0.15) is 85.1 Å². The van der Waals surface area contributed by atoms with Gasteiger partial charge in [0.15, 0.2) is 5.69 Å². The van der Waals surface area contributed by atoms with Gasteiger partial charge in [-0.05, 0) is 82.4 Å². The van der Waals surface area contributed by atoms with Gasteiger partial charge in [0.1, 0.15) is 0 Å². The SMILES string of the molecule is COC(=O)c1ncc(-c2nc(Nc3cnn(C4CCN(C(=O)C5CC5)CC4)c3)ncc2C)cc1-c1nc(Nc2cnn(C3CCN(C(=O)C4CC4)CC3)c2)ncc1C. The number of hydrogen-bond acceptors (Lipinski definition) is 13. The molecule has 7 heterocycles. The summed E-state index contributed by atoms with van der Waals surface area (Å²) in [5.41, 5.74) is 5.39. The van der Waals surface area contributed by atoms with Crippen LogP contribution in [0.25, 0.3) is 22.5 Å². The summed E-state index contributed by atoms with van der Waals surface area (Å²) < 4.78 is 9.04. The average Bonchev–Trinajstić information content (AvgIpc) is 4.19. The fourth-order valence-electron chi connectivity index (χ4n) is 7.94. The summed E-state index contributed by atoms with van der Waals surface area (Å²) in [6.45, 7) is 6.78. The first-order valence-electron chi connectivity index (χ1n) is 20.2. The number of hydrogen-bond donors (Lipinski definition) is 2. The molecule has 17 heteroatoms. The van der Waals surface area contributed by atoms with Crippen LogP contribution in [0.15, 0.2) is 49.4 Å². The van der Waals surface area contributed by atoms with Crippen LogP contribution in [0.2, 0.25) is 0 Å². The molecule has 0 atom stereocenters. The Kier molecular flexibility index (Phi) is 10.0. The molecule has 2 N–H and O–H groups in total. The normalized spacial score (nSPS) is 17.6. The van der Waals surface area contributed by atoms with E-state index in [0.717, 1.165) is 100 Å². The second-order valence-electron chi connectivity index (χ2n) is 15.9. The molecule has 0 bridgehead atoms. The van der Waals surface area contributed by atoms with E-state index < -0.39 is 5.97 Å². The van der Waals surface area contributed by atoms with E-state index in [-0.39, 0.29) is 29.6 Å². The van der Waals surface area contributed by atoms with E-state index in [2.05, 4.69) is 35.8 Å². The number of carbonyl (C=O) groups excluding carboxylic acids is 3. The number of esters is 1.